The topological polar surface area (TPSA) is 32.3 Å². The van der Waals surface area contributed by atoms with Crippen LogP contribution in [0.2, 0.25) is 0 Å². The second-order valence-electron chi connectivity index (χ2n) is 5.24. The summed E-state index contributed by atoms with van der Waals surface area (Å²) in [5, 5.41) is 3.31. The number of carbonyl (C=O) groups excluding carboxylic acids is 1. The normalized spacial score (nSPS) is 27.5. The van der Waals surface area contributed by atoms with Crippen LogP contribution in [0.1, 0.15) is 13.3 Å². The lowest BCUT2D eigenvalue weighted by molar-refractivity contribution is -0.129. The monoisotopic (exact) mass is 266 g/mol. The Hall–Kier alpha value is -0.740. The highest BCUT2D eigenvalue weighted by Crippen LogP contribution is 2.25. The van der Waals surface area contributed by atoms with Gasteiger partial charge in [-0.25, -0.2) is 0 Å². The number of amides is 1. The van der Waals surface area contributed by atoms with Gasteiger partial charge in [-0.05, 0) is 6.42 Å². The molecule has 0 radical (unpaired) electrons. The van der Waals surface area contributed by atoms with Gasteiger partial charge in [-0.1, -0.05) is 31.2 Å². The van der Waals surface area contributed by atoms with Gasteiger partial charge in [0.05, 0.1) is 6.54 Å². The highest BCUT2D eigenvalue weighted by Gasteiger charge is 2.22. The van der Waals surface area contributed by atoms with E-state index in [0.717, 1.165) is 37.6 Å². The molecule has 3 nitrogen and oxygen atoms in total. The van der Waals surface area contributed by atoms with Gasteiger partial charge in [-0.3, -0.25) is 4.79 Å². The summed E-state index contributed by atoms with van der Waals surface area (Å²) in [6.45, 7) is 5.37. The van der Waals surface area contributed by atoms with Gasteiger partial charge in [0, 0.05) is 36.6 Å². The third-order valence-corrected chi connectivity index (χ3v) is 4.44. The number of nitrogens with one attached hydrogen (secondary N) is 1. The third kappa shape index (κ3) is 3.89. The average molecular weight is 266 g/mol. The van der Waals surface area contributed by atoms with E-state index in [4.69, 9.17) is 0 Å². The Labute approximate surface area is 114 Å². The molecular formula is C14H22N2OS. The zero-order chi connectivity index (χ0) is 12.8. The van der Waals surface area contributed by atoms with Crippen LogP contribution in [-0.4, -0.2) is 48.5 Å². The minimum absolute atomic E-state index is 0.160. The lowest BCUT2D eigenvalue weighted by Crippen LogP contribution is -2.44. The highest BCUT2D eigenvalue weighted by molar-refractivity contribution is 7.99. The Morgan fingerprint density at radius 3 is 2.83 bits per heavy atom. The summed E-state index contributed by atoms with van der Waals surface area (Å²) >= 11 is 1.93. The van der Waals surface area contributed by atoms with Crippen molar-refractivity contribution in [3.8, 4) is 0 Å². The summed E-state index contributed by atoms with van der Waals surface area (Å²) in [7, 11) is 0. The molecule has 0 aromatic heterocycles. The molecule has 1 fully saturated rings. The fourth-order valence-corrected chi connectivity index (χ4v) is 3.19. The van der Waals surface area contributed by atoms with Crippen molar-refractivity contribution >= 4 is 17.7 Å². The van der Waals surface area contributed by atoms with E-state index in [2.05, 4.69) is 36.5 Å². The minimum atomic E-state index is 0.160. The predicted octanol–water partition coefficient (Wildman–Crippen LogP) is 1.67. The van der Waals surface area contributed by atoms with E-state index < -0.39 is 0 Å². The molecule has 2 aliphatic rings. The van der Waals surface area contributed by atoms with E-state index >= 15 is 0 Å². The molecule has 100 valence electrons. The molecule has 0 bridgehead atoms. The molecule has 1 amide bonds. The first-order chi connectivity index (χ1) is 8.70. The van der Waals surface area contributed by atoms with Crippen LogP contribution >= 0.6 is 11.8 Å². The SMILES string of the molecule is C[C@@]1(CNCC(=O)N2CCSCC2)C=CC=CC1. The number of hydrogen-bond donors (Lipinski definition) is 1. The summed E-state index contributed by atoms with van der Waals surface area (Å²) < 4.78 is 0. The van der Waals surface area contributed by atoms with Crippen LogP contribution in [0.15, 0.2) is 24.3 Å². The van der Waals surface area contributed by atoms with Gasteiger partial charge in [0.2, 0.25) is 5.91 Å². The van der Waals surface area contributed by atoms with E-state index in [9.17, 15) is 4.79 Å². The van der Waals surface area contributed by atoms with Crippen molar-refractivity contribution in [2.24, 2.45) is 5.41 Å². The van der Waals surface area contributed by atoms with Gasteiger partial charge in [0.15, 0.2) is 0 Å². The van der Waals surface area contributed by atoms with Crippen molar-refractivity contribution in [2.75, 3.05) is 37.7 Å². The maximum atomic E-state index is 12.0. The van der Waals surface area contributed by atoms with Gasteiger partial charge >= 0.3 is 0 Å². The summed E-state index contributed by atoms with van der Waals surface area (Å²) in [6, 6.07) is 0. The first-order valence-corrected chi connectivity index (χ1v) is 7.76. The van der Waals surface area contributed by atoms with Crippen LogP contribution < -0.4 is 5.32 Å². The van der Waals surface area contributed by atoms with Gasteiger partial charge < -0.3 is 10.2 Å². The lowest BCUT2D eigenvalue weighted by Gasteiger charge is -2.29. The van der Waals surface area contributed by atoms with Crippen molar-refractivity contribution in [1.29, 1.82) is 0 Å². The number of thioether (sulfide) groups is 1. The van der Waals surface area contributed by atoms with Crippen LogP contribution in [-0.2, 0) is 4.79 Å². The standard InChI is InChI=1S/C14H22N2OS/c1-14(5-3-2-4-6-14)12-15-11-13(17)16-7-9-18-10-8-16/h2-5,15H,6-12H2,1H3/t14-/m1/s1. The average Bonchev–Trinajstić information content (AvgIpc) is 2.40. The van der Waals surface area contributed by atoms with Crippen LogP contribution in [0, 0.1) is 5.41 Å². The van der Waals surface area contributed by atoms with Gasteiger partial charge in [0.25, 0.3) is 0 Å². The molecule has 0 aromatic rings. The molecular weight excluding hydrogens is 244 g/mol. The number of allylic oxidation sites excluding steroid dienone is 3. The fourth-order valence-electron chi connectivity index (χ4n) is 2.28. The van der Waals surface area contributed by atoms with Crippen LogP contribution in [0.3, 0.4) is 0 Å². The molecule has 0 spiro atoms. The largest absolute Gasteiger partial charge is 0.340 e. The second-order valence-corrected chi connectivity index (χ2v) is 6.47. The van der Waals surface area contributed by atoms with Gasteiger partial charge in [-0.2, -0.15) is 11.8 Å². The maximum Gasteiger partial charge on any atom is 0.236 e. The molecule has 1 saturated heterocycles. The van der Waals surface area contributed by atoms with Crippen LogP contribution in [0.5, 0.6) is 0 Å². The van der Waals surface area contributed by atoms with E-state index in [-0.39, 0.29) is 11.3 Å². The first-order valence-electron chi connectivity index (χ1n) is 6.60. The number of rotatable bonds is 4. The molecule has 0 saturated carbocycles. The maximum absolute atomic E-state index is 12.0. The van der Waals surface area contributed by atoms with Crippen LogP contribution in [0.25, 0.3) is 0 Å². The van der Waals surface area contributed by atoms with E-state index in [0.29, 0.717) is 6.54 Å². The molecule has 1 atom stereocenters. The minimum Gasteiger partial charge on any atom is -0.340 e. The van der Waals surface area contributed by atoms with Crippen molar-refractivity contribution < 1.29 is 4.79 Å². The second kappa shape index (κ2) is 6.43. The summed E-state index contributed by atoms with van der Waals surface area (Å²) in [4.78, 5) is 13.9. The Morgan fingerprint density at radius 2 is 2.17 bits per heavy atom. The van der Waals surface area contributed by atoms with Crippen molar-refractivity contribution in [3.63, 3.8) is 0 Å². The molecule has 18 heavy (non-hydrogen) atoms. The molecule has 0 aromatic carbocycles. The molecule has 4 heteroatoms. The number of nitrogens with zero attached hydrogens (tertiary/aromatic N) is 1. The number of carbonyl (C=O) groups is 1. The Kier molecular flexibility index (Phi) is 4.89. The Balaban J connectivity index is 1.70. The summed E-state index contributed by atoms with van der Waals surface area (Å²) in [5.41, 5.74) is 0.160. The smallest absolute Gasteiger partial charge is 0.236 e. The fraction of sp³-hybridized carbons (Fsp3) is 0.643. The van der Waals surface area contributed by atoms with E-state index in [1.165, 1.54) is 0 Å². The zero-order valence-electron chi connectivity index (χ0n) is 11.0. The molecule has 1 heterocycles. The van der Waals surface area contributed by atoms with Gasteiger partial charge in [-0.15, -0.1) is 0 Å². The van der Waals surface area contributed by atoms with Crippen molar-refractivity contribution in [3.05, 3.63) is 24.3 Å². The summed E-state index contributed by atoms with van der Waals surface area (Å²) in [6.07, 6.45) is 9.63. The van der Waals surface area contributed by atoms with E-state index in [1.807, 2.05) is 16.7 Å². The van der Waals surface area contributed by atoms with Crippen LogP contribution in [0.4, 0.5) is 0 Å². The summed E-state index contributed by atoms with van der Waals surface area (Å²) in [5.74, 6) is 2.41. The molecule has 0 unspecified atom stereocenters. The predicted molar refractivity (Wildman–Crippen MR) is 77.8 cm³/mol. The van der Waals surface area contributed by atoms with Crippen molar-refractivity contribution in [2.45, 2.75) is 13.3 Å². The highest BCUT2D eigenvalue weighted by atomic mass is 32.2. The Bertz CT molecular complexity index is 348. The van der Waals surface area contributed by atoms with Crippen molar-refractivity contribution in [1.82, 2.24) is 10.2 Å². The van der Waals surface area contributed by atoms with E-state index in [1.54, 1.807) is 0 Å². The quantitative estimate of drug-likeness (QED) is 0.840. The van der Waals surface area contributed by atoms with Gasteiger partial charge in [0.1, 0.15) is 0 Å². The number of hydrogen-bond acceptors (Lipinski definition) is 3. The molecule has 2 rings (SSSR count). The Morgan fingerprint density at radius 1 is 1.39 bits per heavy atom. The third-order valence-electron chi connectivity index (χ3n) is 3.50. The molecule has 1 aliphatic carbocycles. The molecule has 1 aliphatic heterocycles. The molecule has 1 N–H and O–H groups in total. The first kappa shape index (κ1) is 13.7. The zero-order valence-corrected chi connectivity index (χ0v) is 11.8. The lowest BCUT2D eigenvalue weighted by atomic mass is 9.84.